The summed E-state index contributed by atoms with van der Waals surface area (Å²) in [6, 6.07) is 14.6. The lowest BCUT2D eigenvalue weighted by Gasteiger charge is -2.33. The number of ether oxygens (including phenoxy) is 1. The second kappa shape index (κ2) is 5.28. The average Bonchev–Trinajstić information content (AvgIpc) is 2.39. The molecule has 0 spiro atoms. The molecule has 0 aromatic heterocycles. The molecule has 0 atom stereocenters. The topological polar surface area (TPSA) is 46.5 Å². The summed E-state index contributed by atoms with van der Waals surface area (Å²) in [6.07, 6.45) is 0. The average molecular weight is 280 g/mol. The van der Waals surface area contributed by atoms with Crippen molar-refractivity contribution < 1.29 is 24.0 Å². The fraction of sp³-hybridized carbons (Fsp3) is 0.133. The summed E-state index contributed by atoms with van der Waals surface area (Å²) in [4.78, 5) is 11.7. The van der Waals surface area contributed by atoms with E-state index in [1.165, 1.54) is 0 Å². The van der Waals surface area contributed by atoms with E-state index in [0.29, 0.717) is 22.6 Å². The molecule has 5 heteroatoms. The molecule has 0 saturated heterocycles. The van der Waals surface area contributed by atoms with Crippen molar-refractivity contribution in [3.8, 4) is 11.5 Å². The molecule has 3 rings (SSSR count). The van der Waals surface area contributed by atoms with E-state index in [0.717, 1.165) is 0 Å². The maximum atomic E-state index is 11.7. The molecule has 2 aromatic carbocycles. The number of halogens is 2. The molecule has 106 valence electrons. The number of carboxylic acid groups (broad SMARTS) is 1. The molecule has 0 aliphatic carbocycles. The molecular weight excluding hydrogens is 266 g/mol. The highest BCUT2D eigenvalue weighted by Gasteiger charge is 2.44. The Kier molecular flexibility index (Phi) is 4.13. The van der Waals surface area contributed by atoms with Crippen LogP contribution >= 0.6 is 0 Å². The minimum absolute atomic E-state index is 0. The molecule has 1 aliphatic heterocycles. The zero-order valence-corrected chi connectivity index (χ0v) is 10.7. The summed E-state index contributed by atoms with van der Waals surface area (Å²) >= 11 is 0. The molecule has 0 bridgehead atoms. The molecule has 0 amide bonds. The maximum Gasteiger partial charge on any atom is 0.318 e. The Morgan fingerprint density at radius 1 is 0.950 bits per heavy atom. The predicted molar refractivity (Wildman–Crippen MR) is 72.1 cm³/mol. The van der Waals surface area contributed by atoms with Crippen LogP contribution in [0.15, 0.2) is 48.5 Å². The number of carbonyl (C=O) groups is 1. The Hall–Kier alpha value is -2.43. The number of aliphatic carboxylic acids is 1. The van der Waals surface area contributed by atoms with Crippen LogP contribution in [0, 0.1) is 0 Å². The van der Waals surface area contributed by atoms with Gasteiger partial charge < -0.3 is 9.84 Å². The second-order valence-corrected chi connectivity index (χ2v) is 4.52. The van der Waals surface area contributed by atoms with Crippen LogP contribution in [0.2, 0.25) is 0 Å². The lowest BCUT2D eigenvalue weighted by Crippen LogP contribution is -2.36. The summed E-state index contributed by atoms with van der Waals surface area (Å²) in [7, 11) is 0. The molecular formula is C15H14F2O3. The summed E-state index contributed by atoms with van der Waals surface area (Å²) < 4.78 is 5.76. The SMILES string of the molecule is CC1(C(=O)O)c2ccccc2Oc2ccccc21.F.F. The van der Waals surface area contributed by atoms with Crippen LogP contribution in [-0.2, 0) is 10.2 Å². The second-order valence-electron chi connectivity index (χ2n) is 4.52. The van der Waals surface area contributed by atoms with E-state index in [1.807, 2.05) is 24.3 Å². The van der Waals surface area contributed by atoms with E-state index < -0.39 is 11.4 Å². The smallest absolute Gasteiger partial charge is 0.318 e. The molecule has 0 radical (unpaired) electrons. The van der Waals surface area contributed by atoms with Gasteiger partial charge in [0.1, 0.15) is 16.9 Å². The molecule has 1 heterocycles. The van der Waals surface area contributed by atoms with Gasteiger partial charge in [-0.1, -0.05) is 36.4 Å². The maximum absolute atomic E-state index is 11.7. The van der Waals surface area contributed by atoms with Crippen LogP contribution in [0.25, 0.3) is 0 Å². The van der Waals surface area contributed by atoms with Gasteiger partial charge in [0, 0.05) is 11.1 Å². The van der Waals surface area contributed by atoms with Gasteiger partial charge in [-0.15, -0.1) is 0 Å². The highest BCUT2D eigenvalue weighted by atomic mass is 19.0. The van der Waals surface area contributed by atoms with Crippen molar-refractivity contribution in [2.75, 3.05) is 0 Å². The largest absolute Gasteiger partial charge is 0.480 e. The Morgan fingerprint density at radius 3 is 1.75 bits per heavy atom. The first-order valence-electron chi connectivity index (χ1n) is 5.74. The monoisotopic (exact) mass is 280 g/mol. The van der Waals surface area contributed by atoms with E-state index in [9.17, 15) is 9.90 Å². The predicted octanol–water partition coefficient (Wildman–Crippen LogP) is 3.49. The highest BCUT2D eigenvalue weighted by molar-refractivity contribution is 5.88. The first-order chi connectivity index (χ1) is 8.64. The van der Waals surface area contributed by atoms with Gasteiger partial charge in [0.05, 0.1) is 0 Å². The van der Waals surface area contributed by atoms with Crippen LogP contribution in [0.4, 0.5) is 9.41 Å². The van der Waals surface area contributed by atoms with Crippen molar-refractivity contribution in [3.05, 3.63) is 59.7 Å². The van der Waals surface area contributed by atoms with Gasteiger partial charge in [0.2, 0.25) is 0 Å². The van der Waals surface area contributed by atoms with Gasteiger partial charge >= 0.3 is 5.97 Å². The van der Waals surface area contributed by atoms with Crippen molar-refractivity contribution in [1.82, 2.24) is 0 Å². The normalized spacial score (nSPS) is 13.7. The quantitative estimate of drug-likeness (QED) is 0.869. The van der Waals surface area contributed by atoms with Gasteiger partial charge in [0.25, 0.3) is 0 Å². The molecule has 20 heavy (non-hydrogen) atoms. The minimum atomic E-state index is -1.06. The Morgan fingerprint density at radius 2 is 1.35 bits per heavy atom. The number of fused-ring (bicyclic) bond motifs is 2. The summed E-state index contributed by atoms with van der Waals surface area (Å²) in [5, 5.41) is 9.64. The molecule has 0 fully saturated rings. The molecule has 0 unspecified atom stereocenters. The number of carboxylic acids is 1. The summed E-state index contributed by atoms with van der Waals surface area (Å²) in [5.41, 5.74) is 0.318. The lowest BCUT2D eigenvalue weighted by molar-refractivity contribution is -0.141. The first kappa shape index (κ1) is 15.6. The number of rotatable bonds is 1. The van der Waals surface area contributed by atoms with E-state index in [4.69, 9.17) is 4.74 Å². The number of benzene rings is 2. The molecule has 2 aromatic rings. The highest BCUT2D eigenvalue weighted by Crippen LogP contribution is 2.47. The fourth-order valence-corrected chi connectivity index (χ4v) is 2.43. The van der Waals surface area contributed by atoms with Gasteiger partial charge in [-0.2, -0.15) is 0 Å². The Bertz CT molecular complexity index is 595. The van der Waals surface area contributed by atoms with Crippen molar-refractivity contribution in [2.24, 2.45) is 0 Å². The molecule has 3 nitrogen and oxygen atoms in total. The van der Waals surface area contributed by atoms with Gasteiger partial charge in [-0.05, 0) is 19.1 Å². The molecule has 1 aliphatic rings. The van der Waals surface area contributed by atoms with Crippen LogP contribution < -0.4 is 4.74 Å². The van der Waals surface area contributed by atoms with Crippen LogP contribution in [0.3, 0.4) is 0 Å². The number of hydrogen-bond donors (Lipinski definition) is 1. The van der Waals surface area contributed by atoms with E-state index in [-0.39, 0.29) is 9.41 Å². The van der Waals surface area contributed by atoms with E-state index in [1.54, 1.807) is 31.2 Å². The van der Waals surface area contributed by atoms with Crippen molar-refractivity contribution in [2.45, 2.75) is 12.3 Å². The van der Waals surface area contributed by atoms with E-state index >= 15 is 0 Å². The Balaban J connectivity index is 0.000001000. The van der Waals surface area contributed by atoms with Gasteiger partial charge in [0.15, 0.2) is 0 Å². The third-order valence-electron chi connectivity index (χ3n) is 3.50. The number of hydrogen-bond acceptors (Lipinski definition) is 2. The summed E-state index contributed by atoms with van der Waals surface area (Å²) in [6.45, 7) is 1.72. The minimum Gasteiger partial charge on any atom is -0.480 e. The molecule has 0 saturated carbocycles. The standard InChI is InChI=1S/C15H12O3.2FH/c1-15(14(16)17)10-6-2-4-8-12(10)18-13-9-5-3-7-11(13)15;;/h2-9H,1H3,(H,16,17);2*1H. The van der Waals surface area contributed by atoms with Crippen molar-refractivity contribution in [3.63, 3.8) is 0 Å². The van der Waals surface area contributed by atoms with Crippen LogP contribution in [0.1, 0.15) is 18.1 Å². The van der Waals surface area contributed by atoms with Gasteiger partial charge in [-0.25, -0.2) is 0 Å². The summed E-state index contributed by atoms with van der Waals surface area (Å²) in [5.74, 6) is 0.355. The Labute approximate surface area is 114 Å². The zero-order chi connectivity index (χ0) is 12.8. The van der Waals surface area contributed by atoms with Crippen LogP contribution in [-0.4, -0.2) is 11.1 Å². The van der Waals surface area contributed by atoms with Crippen molar-refractivity contribution in [1.29, 1.82) is 0 Å². The number of para-hydroxylation sites is 2. The molecule has 1 N–H and O–H groups in total. The zero-order valence-electron chi connectivity index (χ0n) is 10.7. The first-order valence-corrected chi connectivity index (χ1v) is 5.74. The van der Waals surface area contributed by atoms with E-state index in [2.05, 4.69) is 0 Å². The van der Waals surface area contributed by atoms with Gasteiger partial charge in [-0.3, -0.25) is 14.2 Å². The lowest BCUT2D eigenvalue weighted by atomic mass is 9.74. The third-order valence-corrected chi connectivity index (χ3v) is 3.50. The van der Waals surface area contributed by atoms with Crippen LogP contribution in [0.5, 0.6) is 11.5 Å². The van der Waals surface area contributed by atoms with Crippen molar-refractivity contribution >= 4 is 5.97 Å². The third kappa shape index (κ3) is 1.91. The fourth-order valence-electron chi connectivity index (χ4n) is 2.43.